The minimum Gasteiger partial charge on any atom is -0.506 e. The smallest absolute Gasteiger partial charge is 0.271 e. The van der Waals surface area contributed by atoms with Gasteiger partial charge in [-0.1, -0.05) is 42.5 Å². The van der Waals surface area contributed by atoms with Crippen LogP contribution in [0.3, 0.4) is 0 Å². The maximum Gasteiger partial charge on any atom is 0.271 e. The fraction of sp³-hybridized carbons (Fsp3) is 0.0690. The highest BCUT2D eigenvalue weighted by Gasteiger charge is 2.19. The third-order valence-electron chi connectivity index (χ3n) is 6.11. The minimum atomic E-state index is -3.90. The zero-order valence-corrected chi connectivity index (χ0v) is 22.0. The monoisotopic (exact) mass is 539 g/mol. The van der Waals surface area contributed by atoms with Gasteiger partial charge in [0.05, 0.1) is 16.8 Å². The largest absolute Gasteiger partial charge is 0.506 e. The summed E-state index contributed by atoms with van der Waals surface area (Å²) in [7, 11) is -0.0845. The molecule has 0 saturated heterocycles. The number of hydrogen-bond donors (Lipinski definition) is 3. The molecule has 1 heterocycles. The number of carbonyl (C=O) groups is 1. The molecule has 0 unspecified atom stereocenters. The van der Waals surface area contributed by atoms with Crippen LogP contribution in [0.4, 0.5) is 11.4 Å². The van der Waals surface area contributed by atoms with E-state index < -0.39 is 15.9 Å². The van der Waals surface area contributed by atoms with Crippen molar-refractivity contribution in [1.29, 1.82) is 0 Å². The van der Waals surface area contributed by atoms with E-state index in [1.165, 1.54) is 30.5 Å². The number of para-hydroxylation sites is 1. The fourth-order valence-corrected chi connectivity index (χ4v) is 5.51. The number of sulfonamides is 1. The summed E-state index contributed by atoms with van der Waals surface area (Å²) in [5.41, 5.74) is 4.84. The summed E-state index contributed by atoms with van der Waals surface area (Å²) in [4.78, 5) is 19.0. The number of pyridine rings is 1. The van der Waals surface area contributed by atoms with E-state index in [4.69, 9.17) is 0 Å². The van der Waals surface area contributed by atoms with Gasteiger partial charge in [-0.15, -0.1) is 0 Å². The van der Waals surface area contributed by atoms with Crippen molar-refractivity contribution in [2.75, 3.05) is 23.7 Å². The topological polar surface area (TPSA) is 124 Å². The number of rotatable bonds is 7. The molecule has 0 spiro atoms. The number of amides is 1. The van der Waals surface area contributed by atoms with E-state index in [-0.39, 0.29) is 10.6 Å². The van der Waals surface area contributed by atoms with Gasteiger partial charge in [0.25, 0.3) is 15.9 Å². The highest BCUT2D eigenvalue weighted by atomic mass is 32.2. The van der Waals surface area contributed by atoms with Gasteiger partial charge in [-0.2, -0.15) is 5.10 Å². The molecule has 0 aliphatic heterocycles. The zero-order valence-electron chi connectivity index (χ0n) is 21.2. The van der Waals surface area contributed by atoms with Crippen LogP contribution < -0.4 is 15.0 Å². The first kappa shape index (κ1) is 25.7. The number of carbonyl (C=O) groups excluding carboxylic acids is 1. The number of hydrogen-bond acceptors (Lipinski definition) is 7. The summed E-state index contributed by atoms with van der Waals surface area (Å²) in [6, 6.07) is 25.4. The van der Waals surface area contributed by atoms with Gasteiger partial charge in [0.2, 0.25) is 0 Å². The third kappa shape index (κ3) is 5.36. The molecule has 1 amide bonds. The van der Waals surface area contributed by atoms with E-state index in [9.17, 15) is 18.3 Å². The SMILES string of the molecule is CN(C)c1cccc2c(S(=O)(=O)Nc3ccc(C(=O)N/N=C/c4ccc5cccc(O)c5n4)cc3)cccc12. The van der Waals surface area contributed by atoms with E-state index in [1.54, 1.807) is 42.5 Å². The lowest BCUT2D eigenvalue weighted by Gasteiger charge is -2.17. The van der Waals surface area contributed by atoms with Crippen molar-refractivity contribution >= 4 is 55.2 Å². The van der Waals surface area contributed by atoms with Crippen molar-refractivity contribution in [2.45, 2.75) is 4.90 Å². The van der Waals surface area contributed by atoms with Gasteiger partial charge in [0, 0.05) is 47.2 Å². The Morgan fingerprint density at radius 2 is 1.62 bits per heavy atom. The molecule has 0 saturated carbocycles. The quantitative estimate of drug-likeness (QED) is 0.203. The van der Waals surface area contributed by atoms with Crippen molar-refractivity contribution in [3.63, 3.8) is 0 Å². The number of aromatic hydroxyl groups is 1. The van der Waals surface area contributed by atoms with Crippen LogP contribution in [-0.4, -0.2) is 44.7 Å². The Hall–Kier alpha value is -4.96. The molecule has 10 heteroatoms. The lowest BCUT2D eigenvalue weighted by molar-refractivity contribution is 0.0955. The minimum absolute atomic E-state index is 0.0567. The fourth-order valence-electron chi connectivity index (χ4n) is 4.23. The molecule has 0 aliphatic rings. The van der Waals surface area contributed by atoms with Gasteiger partial charge in [-0.3, -0.25) is 9.52 Å². The van der Waals surface area contributed by atoms with Crippen LogP contribution in [0.15, 0.2) is 101 Å². The van der Waals surface area contributed by atoms with E-state index in [1.807, 2.05) is 43.3 Å². The van der Waals surface area contributed by atoms with Crippen molar-refractivity contribution in [1.82, 2.24) is 10.4 Å². The van der Waals surface area contributed by atoms with Crippen molar-refractivity contribution in [3.05, 3.63) is 102 Å². The predicted octanol–water partition coefficient (Wildman–Crippen LogP) is 4.72. The number of phenols is 1. The summed E-state index contributed by atoms with van der Waals surface area (Å²) in [6.07, 6.45) is 1.37. The van der Waals surface area contributed by atoms with Crippen LogP contribution in [0.25, 0.3) is 21.7 Å². The Kier molecular flexibility index (Phi) is 6.86. The molecule has 0 fully saturated rings. The highest BCUT2D eigenvalue weighted by Crippen LogP contribution is 2.31. The van der Waals surface area contributed by atoms with Crippen LogP contribution >= 0.6 is 0 Å². The van der Waals surface area contributed by atoms with Crippen molar-refractivity contribution in [2.24, 2.45) is 5.10 Å². The highest BCUT2D eigenvalue weighted by molar-refractivity contribution is 7.93. The molecule has 0 aliphatic carbocycles. The normalized spacial score (nSPS) is 11.6. The Balaban J connectivity index is 1.29. The van der Waals surface area contributed by atoms with E-state index >= 15 is 0 Å². The predicted molar refractivity (Wildman–Crippen MR) is 154 cm³/mol. The standard InChI is InChI=1S/C29H25N5O4S/c1-34(2)25-9-4-8-24-23(25)7-5-11-27(24)39(37,38)33-21-15-13-20(14-16-21)29(36)32-30-18-22-17-12-19-6-3-10-26(35)28(19)31-22/h3-18,33,35H,1-2H3,(H,32,36)/b30-18+. The second-order valence-electron chi connectivity index (χ2n) is 8.99. The van der Waals surface area contributed by atoms with Gasteiger partial charge < -0.3 is 10.0 Å². The molecule has 196 valence electrons. The average Bonchev–Trinajstić information content (AvgIpc) is 2.93. The average molecular weight is 540 g/mol. The van der Waals surface area contributed by atoms with Crippen LogP contribution in [0.1, 0.15) is 16.1 Å². The number of phenolic OH excluding ortho intramolecular Hbond substituents is 1. The third-order valence-corrected chi connectivity index (χ3v) is 7.55. The first-order valence-corrected chi connectivity index (χ1v) is 13.5. The number of fused-ring (bicyclic) bond motifs is 2. The molecule has 0 atom stereocenters. The van der Waals surface area contributed by atoms with E-state index in [0.29, 0.717) is 27.8 Å². The zero-order chi connectivity index (χ0) is 27.6. The lowest BCUT2D eigenvalue weighted by atomic mass is 10.1. The van der Waals surface area contributed by atoms with E-state index in [2.05, 4.69) is 20.2 Å². The molecular formula is C29H25N5O4S. The van der Waals surface area contributed by atoms with E-state index in [0.717, 1.165) is 16.5 Å². The maximum atomic E-state index is 13.2. The number of aromatic nitrogens is 1. The Morgan fingerprint density at radius 3 is 2.38 bits per heavy atom. The molecule has 0 radical (unpaired) electrons. The summed E-state index contributed by atoms with van der Waals surface area (Å²) in [5, 5.41) is 16.1. The summed E-state index contributed by atoms with van der Waals surface area (Å²) in [5.74, 6) is -0.421. The maximum absolute atomic E-state index is 13.2. The second-order valence-corrected chi connectivity index (χ2v) is 10.6. The van der Waals surface area contributed by atoms with Crippen LogP contribution in [0, 0.1) is 0 Å². The second kappa shape index (κ2) is 10.4. The molecule has 5 aromatic rings. The molecular weight excluding hydrogens is 514 g/mol. The van der Waals surface area contributed by atoms with Crippen LogP contribution in [0.5, 0.6) is 5.75 Å². The summed E-state index contributed by atoms with van der Waals surface area (Å²) in [6.45, 7) is 0. The van der Waals surface area contributed by atoms with Gasteiger partial charge in [-0.05, 0) is 48.5 Å². The Morgan fingerprint density at radius 1 is 0.897 bits per heavy atom. The first-order valence-electron chi connectivity index (χ1n) is 12.0. The van der Waals surface area contributed by atoms with Gasteiger partial charge >= 0.3 is 0 Å². The molecule has 1 aromatic heterocycles. The number of benzene rings is 4. The van der Waals surface area contributed by atoms with Gasteiger partial charge in [0.15, 0.2) is 0 Å². The first-order chi connectivity index (χ1) is 18.7. The molecule has 4 aromatic carbocycles. The number of nitrogens with zero attached hydrogens (tertiary/aromatic N) is 3. The summed E-state index contributed by atoms with van der Waals surface area (Å²) >= 11 is 0. The van der Waals surface area contributed by atoms with Gasteiger partial charge in [-0.25, -0.2) is 18.8 Å². The number of nitrogens with one attached hydrogen (secondary N) is 2. The Bertz CT molecular complexity index is 1840. The molecule has 39 heavy (non-hydrogen) atoms. The van der Waals surface area contributed by atoms with Crippen LogP contribution in [0.2, 0.25) is 0 Å². The molecule has 3 N–H and O–H groups in total. The Labute approximate surface area is 225 Å². The van der Waals surface area contributed by atoms with Crippen molar-refractivity contribution < 1.29 is 18.3 Å². The number of hydrazone groups is 1. The van der Waals surface area contributed by atoms with Crippen molar-refractivity contribution in [3.8, 4) is 5.75 Å². The lowest BCUT2D eigenvalue weighted by Crippen LogP contribution is -2.18. The van der Waals surface area contributed by atoms with Crippen LogP contribution in [-0.2, 0) is 10.0 Å². The molecule has 5 rings (SSSR count). The summed E-state index contributed by atoms with van der Waals surface area (Å²) < 4.78 is 29.1. The number of anilines is 2. The molecule has 0 bridgehead atoms. The van der Waals surface area contributed by atoms with Gasteiger partial charge in [0.1, 0.15) is 11.3 Å². The molecule has 9 nitrogen and oxygen atoms in total.